The predicted molar refractivity (Wildman–Crippen MR) is 75.8 cm³/mol. The number of aryl methyl sites for hydroxylation is 1. The predicted octanol–water partition coefficient (Wildman–Crippen LogP) is 1.71. The zero-order valence-electron chi connectivity index (χ0n) is 10.8. The van der Waals surface area contributed by atoms with Gasteiger partial charge in [0.05, 0.1) is 6.42 Å². The van der Waals surface area contributed by atoms with Crippen LogP contribution < -0.4 is 5.56 Å². The third-order valence-electron chi connectivity index (χ3n) is 2.56. The van der Waals surface area contributed by atoms with Crippen LogP contribution >= 0.6 is 11.8 Å². The Morgan fingerprint density at radius 3 is 2.60 bits per heavy atom. The Morgan fingerprint density at radius 1 is 1.30 bits per heavy atom. The molecule has 0 saturated heterocycles. The highest BCUT2D eigenvalue weighted by Gasteiger charge is 2.08. The fraction of sp³-hybridized carbons (Fsp3) is 0.231. The first-order chi connectivity index (χ1) is 9.56. The monoisotopic (exact) mass is 291 g/mol. The van der Waals surface area contributed by atoms with E-state index in [1.54, 1.807) is 0 Å². The molecule has 0 radical (unpaired) electrons. The molecule has 1 aromatic carbocycles. The maximum atomic E-state index is 11.9. The normalized spacial score (nSPS) is 10.4. The summed E-state index contributed by atoms with van der Waals surface area (Å²) in [5.41, 5.74) is 1.72. The van der Waals surface area contributed by atoms with Crippen molar-refractivity contribution in [1.29, 1.82) is 0 Å². The number of hydrogen-bond acceptors (Lipinski definition) is 5. The Bertz CT molecular complexity index is 667. The number of rotatable bonds is 5. The second-order valence-electron chi connectivity index (χ2n) is 4.17. The molecular formula is C13H13N3O3S. The van der Waals surface area contributed by atoms with Crippen LogP contribution in [0.5, 0.6) is 0 Å². The number of thioether (sulfide) groups is 1. The second-order valence-corrected chi connectivity index (χ2v) is 5.25. The van der Waals surface area contributed by atoms with E-state index in [-0.39, 0.29) is 17.7 Å². The molecule has 104 valence electrons. The molecule has 0 spiro atoms. The van der Waals surface area contributed by atoms with Gasteiger partial charge in [0.2, 0.25) is 0 Å². The van der Waals surface area contributed by atoms with Gasteiger partial charge >= 0.3 is 5.97 Å². The lowest BCUT2D eigenvalue weighted by Gasteiger charge is -2.02. The molecule has 0 unspecified atom stereocenters. The lowest BCUT2D eigenvalue weighted by atomic mass is 10.1. The number of benzene rings is 1. The molecule has 0 aliphatic carbocycles. The number of hydrogen-bond donors (Lipinski definition) is 2. The molecule has 2 aromatic rings. The van der Waals surface area contributed by atoms with Crippen molar-refractivity contribution < 1.29 is 9.90 Å². The van der Waals surface area contributed by atoms with E-state index in [0.717, 1.165) is 17.3 Å². The van der Waals surface area contributed by atoms with Crippen LogP contribution in [0.4, 0.5) is 0 Å². The number of aromatic nitrogens is 3. The van der Waals surface area contributed by atoms with Crippen molar-refractivity contribution in [3.8, 4) is 11.3 Å². The van der Waals surface area contributed by atoms with Crippen LogP contribution in [0.15, 0.2) is 34.2 Å². The van der Waals surface area contributed by atoms with Gasteiger partial charge in [0.15, 0.2) is 10.9 Å². The Kier molecular flexibility index (Phi) is 4.52. The summed E-state index contributed by atoms with van der Waals surface area (Å²) < 4.78 is 0. The van der Waals surface area contributed by atoms with E-state index in [4.69, 9.17) is 5.11 Å². The minimum Gasteiger partial charge on any atom is -0.481 e. The maximum Gasteiger partial charge on any atom is 0.304 e. The van der Waals surface area contributed by atoms with E-state index in [1.807, 2.05) is 31.2 Å². The van der Waals surface area contributed by atoms with Crippen molar-refractivity contribution in [1.82, 2.24) is 15.2 Å². The van der Waals surface area contributed by atoms with E-state index in [0.29, 0.717) is 16.5 Å². The van der Waals surface area contributed by atoms with Gasteiger partial charge in [0, 0.05) is 11.3 Å². The molecule has 20 heavy (non-hydrogen) atoms. The molecule has 7 heteroatoms. The highest BCUT2D eigenvalue weighted by atomic mass is 32.2. The van der Waals surface area contributed by atoms with Crippen LogP contribution in [-0.2, 0) is 4.79 Å². The number of aliphatic carboxylic acids is 1. The molecule has 0 bridgehead atoms. The molecule has 1 heterocycles. The summed E-state index contributed by atoms with van der Waals surface area (Å²) in [4.78, 5) is 24.9. The molecule has 1 aromatic heterocycles. The standard InChI is InChI=1S/C13H13N3O3S/c1-8-2-4-9(5-3-8)11-12(19)14-13(16-15-11)20-7-6-10(17)18/h2-5H,6-7H2,1H3,(H,17,18)(H,14,16,19). The molecule has 2 rings (SSSR count). The summed E-state index contributed by atoms with van der Waals surface area (Å²) in [6, 6.07) is 7.41. The number of nitrogens with one attached hydrogen (secondary N) is 1. The van der Waals surface area contributed by atoms with E-state index in [1.165, 1.54) is 0 Å². The molecule has 0 aliphatic rings. The largest absolute Gasteiger partial charge is 0.481 e. The van der Waals surface area contributed by atoms with Gasteiger partial charge in [-0.15, -0.1) is 10.2 Å². The highest BCUT2D eigenvalue weighted by molar-refractivity contribution is 7.99. The van der Waals surface area contributed by atoms with Crippen LogP contribution in [0.25, 0.3) is 11.3 Å². The van der Waals surface area contributed by atoms with Crippen molar-refractivity contribution in [2.24, 2.45) is 0 Å². The minimum atomic E-state index is -0.885. The molecule has 0 amide bonds. The number of nitrogens with zero attached hydrogens (tertiary/aromatic N) is 2. The van der Waals surface area contributed by atoms with Crippen LogP contribution in [-0.4, -0.2) is 32.0 Å². The first-order valence-electron chi connectivity index (χ1n) is 5.95. The topological polar surface area (TPSA) is 95.9 Å². The van der Waals surface area contributed by atoms with E-state index in [9.17, 15) is 9.59 Å². The quantitative estimate of drug-likeness (QED) is 0.814. The van der Waals surface area contributed by atoms with Crippen LogP contribution in [0, 0.1) is 6.92 Å². The van der Waals surface area contributed by atoms with Crippen molar-refractivity contribution in [2.75, 3.05) is 5.75 Å². The van der Waals surface area contributed by atoms with Crippen molar-refractivity contribution >= 4 is 17.7 Å². The molecular weight excluding hydrogens is 278 g/mol. The number of carbonyl (C=O) groups is 1. The number of carboxylic acids is 1. The van der Waals surface area contributed by atoms with E-state index < -0.39 is 5.97 Å². The third-order valence-corrected chi connectivity index (χ3v) is 3.42. The van der Waals surface area contributed by atoms with Crippen molar-refractivity contribution in [3.63, 3.8) is 0 Å². The Hall–Kier alpha value is -2.15. The molecule has 0 saturated carbocycles. The number of carboxylic acid groups (broad SMARTS) is 1. The molecule has 6 nitrogen and oxygen atoms in total. The molecule has 0 atom stereocenters. The zero-order valence-corrected chi connectivity index (χ0v) is 11.6. The summed E-state index contributed by atoms with van der Waals surface area (Å²) >= 11 is 1.16. The lowest BCUT2D eigenvalue weighted by Crippen LogP contribution is -2.14. The summed E-state index contributed by atoms with van der Waals surface area (Å²) in [5.74, 6) is -0.548. The van der Waals surface area contributed by atoms with Crippen molar-refractivity contribution in [3.05, 3.63) is 40.2 Å². The summed E-state index contributed by atoms with van der Waals surface area (Å²) in [6.07, 6.45) is 0.00803. The molecule has 0 aliphatic heterocycles. The van der Waals surface area contributed by atoms with Crippen LogP contribution in [0.3, 0.4) is 0 Å². The van der Waals surface area contributed by atoms with Crippen LogP contribution in [0.2, 0.25) is 0 Å². The molecule has 0 fully saturated rings. The summed E-state index contributed by atoms with van der Waals surface area (Å²) in [6.45, 7) is 1.96. The highest BCUT2D eigenvalue weighted by Crippen LogP contribution is 2.15. The van der Waals surface area contributed by atoms with Gasteiger partial charge in [-0.3, -0.25) is 14.6 Å². The summed E-state index contributed by atoms with van der Waals surface area (Å²) in [7, 11) is 0. The third kappa shape index (κ3) is 3.67. The Morgan fingerprint density at radius 2 is 2.00 bits per heavy atom. The second kappa shape index (κ2) is 6.33. The molecule has 2 N–H and O–H groups in total. The fourth-order valence-corrected chi connectivity index (χ4v) is 2.26. The zero-order chi connectivity index (χ0) is 14.5. The summed E-state index contributed by atoms with van der Waals surface area (Å²) in [5, 5.41) is 16.7. The Balaban J connectivity index is 2.15. The SMILES string of the molecule is Cc1ccc(-c2nnc(SCCC(=O)O)[nH]c2=O)cc1. The van der Waals surface area contributed by atoms with Gasteiger partial charge in [-0.1, -0.05) is 41.6 Å². The van der Waals surface area contributed by atoms with Crippen molar-refractivity contribution in [2.45, 2.75) is 18.5 Å². The average Bonchev–Trinajstić information content (AvgIpc) is 2.40. The maximum absolute atomic E-state index is 11.9. The first kappa shape index (κ1) is 14.3. The number of aromatic amines is 1. The first-order valence-corrected chi connectivity index (χ1v) is 6.93. The average molecular weight is 291 g/mol. The van der Waals surface area contributed by atoms with Crippen LogP contribution in [0.1, 0.15) is 12.0 Å². The Labute approximate surface area is 119 Å². The van der Waals surface area contributed by atoms with Gasteiger partial charge < -0.3 is 5.11 Å². The smallest absolute Gasteiger partial charge is 0.304 e. The van der Waals surface area contributed by atoms with Gasteiger partial charge in [-0.2, -0.15) is 0 Å². The van der Waals surface area contributed by atoms with Gasteiger partial charge in [0.25, 0.3) is 5.56 Å². The lowest BCUT2D eigenvalue weighted by molar-refractivity contribution is -0.136. The van der Waals surface area contributed by atoms with Gasteiger partial charge in [-0.05, 0) is 6.92 Å². The van der Waals surface area contributed by atoms with E-state index >= 15 is 0 Å². The fourth-order valence-electron chi connectivity index (χ4n) is 1.52. The van der Waals surface area contributed by atoms with Gasteiger partial charge in [0.1, 0.15) is 0 Å². The van der Waals surface area contributed by atoms with E-state index in [2.05, 4.69) is 15.2 Å². The number of H-pyrrole nitrogens is 1. The van der Waals surface area contributed by atoms with Gasteiger partial charge in [-0.25, -0.2) is 0 Å². The minimum absolute atomic E-state index is 0.00803.